The van der Waals surface area contributed by atoms with E-state index in [4.69, 9.17) is 10.5 Å². The van der Waals surface area contributed by atoms with E-state index in [0.29, 0.717) is 28.4 Å². The molecule has 0 saturated carbocycles. The molecule has 0 saturated heterocycles. The summed E-state index contributed by atoms with van der Waals surface area (Å²) in [5, 5.41) is 12.9. The molecule has 0 atom stereocenters. The molecule has 0 spiro atoms. The standard InChI is InChI=1S/C21H21FN4O3/c1-12(2)24-19-10-17(20(23)28)25-21(26-19)13-3-8-18(14(9-13)11-27)29-16-6-4-15(22)5-7-16/h3-10,12,27H,11H2,1-2H3,(H2,23,28)(H,24,25,26). The number of hydrogen-bond acceptors (Lipinski definition) is 6. The number of nitrogens with zero attached hydrogens (tertiary/aromatic N) is 2. The van der Waals surface area contributed by atoms with Crippen LogP contribution in [0.1, 0.15) is 29.9 Å². The molecule has 3 rings (SSSR count). The van der Waals surface area contributed by atoms with E-state index in [0.717, 1.165) is 0 Å². The highest BCUT2D eigenvalue weighted by molar-refractivity contribution is 5.92. The van der Waals surface area contributed by atoms with Crippen LogP contribution in [0, 0.1) is 5.82 Å². The molecule has 1 amide bonds. The number of amides is 1. The monoisotopic (exact) mass is 396 g/mol. The van der Waals surface area contributed by atoms with Gasteiger partial charge in [0.1, 0.15) is 28.8 Å². The Balaban J connectivity index is 1.97. The second-order valence-corrected chi connectivity index (χ2v) is 6.66. The Morgan fingerprint density at radius 2 is 1.90 bits per heavy atom. The lowest BCUT2D eigenvalue weighted by atomic mass is 10.1. The molecule has 3 aromatic rings. The van der Waals surface area contributed by atoms with Gasteiger partial charge in [0.15, 0.2) is 5.82 Å². The zero-order chi connectivity index (χ0) is 21.0. The van der Waals surface area contributed by atoms with Gasteiger partial charge in [-0.15, -0.1) is 0 Å². The molecule has 0 aliphatic rings. The average molecular weight is 396 g/mol. The molecular formula is C21H21FN4O3. The van der Waals surface area contributed by atoms with Crippen LogP contribution in [-0.4, -0.2) is 27.0 Å². The normalized spacial score (nSPS) is 10.8. The fourth-order valence-corrected chi connectivity index (χ4v) is 2.64. The van der Waals surface area contributed by atoms with Gasteiger partial charge in [-0.05, 0) is 56.3 Å². The third-order valence-corrected chi connectivity index (χ3v) is 3.95. The molecule has 1 heterocycles. The van der Waals surface area contributed by atoms with Gasteiger partial charge in [-0.1, -0.05) is 0 Å². The summed E-state index contributed by atoms with van der Waals surface area (Å²) in [6.45, 7) is 3.59. The first-order valence-electron chi connectivity index (χ1n) is 8.98. The maximum absolute atomic E-state index is 13.1. The third kappa shape index (κ3) is 5.05. The Bertz CT molecular complexity index is 1020. The minimum absolute atomic E-state index is 0.0790. The number of rotatable bonds is 7. The highest BCUT2D eigenvalue weighted by Crippen LogP contribution is 2.30. The van der Waals surface area contributed by atoms with Crippen LogP contribution in [0.4, 0.5) is 10.2 Å². The number of nitrogens with one attached hydrogen (secondary N) is 1. The van der Waals surface area contributed by atoms with Crippen LogP contribution in [0.3, 0.4) is 0 Å². The third-order valence-electron chi connectivity index (χ3n) is 3.95. The molecule has 0 aliphatic heterocycles. The molecular weight excluding hydrogens is 375 g/mol. The summed E-state index contributed by atoms with van der Waals surface area (Å²) < 4.78 is 18.8. The largest absolute Gasteiger partial charge is 0.457 e. The first-order valence-corrected chi connectivity index (χ1v) is 8.98. The highest BCUT2D eigenvalue weighted by Gasteiger charge is 2.14. The number of anilines is 1. The zero-order valence-corrected chi connectivity index (χ0v) is 16.0. The van der Waals surface area contributed by atoms with Crippen LogP contribution in [-0.2, 0) is 6.61 Å². The van der Waals surface area contributed by atoms with Crippen molar-refractivity contribution in [3.8, 4) is 22.9 Å². The second-order valence-electron chi connectivity index (χ2n) is 6.66. The van der Waals surface area contributed by atoms with Gasteiger partial charge in [-0.25, -0.2) is 14.4 Å². The Hall–Kier alpha value is -3.52. The van der Waals surface area contributed by atoms with Crippen molar-refractivity contribution in [2.45, 2.75) is 26.5 Å². The predicted octanol–water partition coefficient (Wildman–Crippen LogP) is 3.49. The number of aliphatic hydroxyl groups excluding tert-OH is 1. The number of aromatic nitrogens is 2. The van der Waals surface area contributed by atoms with Crippen molar-refractivity contribution in [3.05, 3.63) is 65.6 Å². The number of benzene rings is 2. The first kappa shape index (κ1) is 20.2. The lowest BCUT2D eigenvalue weighted by molar-refractivity contribution is 0.0995. The van der Waals surface area contributed by atoms with Gasteiger partial charge in [0.05, 0.1) is 6.61 Å². The Morgan fingerprint density at radius 1 is 1.17 bits per heavy atom. The number of aliphatic hydroxyl groups is 1. The highest BCUT2D eigenvalue weighted by atomic mass is 19.1. The Morgan fingerprint density at radius 3 is 2.52 bits per heavy atom. The van der Waals surface area contributed by atoms with E-state index >= 15 is 0 Å². The van der Waals surface area contributed by atoms with Crippen molar-refractivity contribution in [3.63, 3.8) is 0 Å². The molecule has 4 N–H and O–H groups in total. The van der Waals surface area contributed by atoms with Gasteiger partial charge in [0, 0.05) is 23.2 Å². The van der Waals surface area contributed by atoms with Crippen LogP contribution in [0.2, 0.25) is 0 Å². The number of carbonyl (C=O) groups excluding carboxylic acids is 1. The summed E-state index contributed by atoms with van der Waals surface area (Å²) in [4.78, 5) is 20.3. The van der Waals surface area contributed by atoms with Crippen molar-refractivity contribution < 1.29 is 19.0 Å². The van der Waals surface area contributed by atoms with E-state index in [1.165, 1.54) is 30.3 Å². The summed E-state index contributed by atoms with van der Waals surface area (Å²) in [5.41, 5.74) is 6.54. The molecule has 7 nitrogen and oxygen atoms in total. The van der Waals surface area contributed by atoms with Crippen molar-refractivity contribution in [1.82, 2.24) is 9.97 Å². The van der Waals surface area contributed by atoms with E-state index < -0.39 is 5.91 Å². The molecule has 1 aromatic heterocycles. The average Bonchev–Trinajstić information content (AvgIpc) is 2.69. The molecule has 0 fully saturated rings. The van der Waals surface area contributed by atoms with Gasteiger partial charge >= 0.3 is 0 Å². The minimum atomic E-state index is -0.667. The number of carbonyl (C=O) groups is 1. The SMILES string of the molecule is CC(C)Nc1cc(C(N)=O)nc(-c2ccc(Oc3ccc(F)cc3)c(CO)c2)n1. The van der Waals surface area contributed by atoms with Crippen LogP contribution in [0.5, 0.6) is 11.5 Å². The summed E-state index contributed by atoms with van der Waals surface area (Å²) in [6, 6.07) is 12.2. The summed E-state index contributed by atoms with van der Waals surface area (Å²) in [5.74, 6) is 0.564. The van der Waals surface area contributed by atoms with E-state index in [1.807, 2.05) is 13.8 Å². The van der Waals surface area contributed by atoms with Gasteiger partial charge in [0.25, 0.3) is 5.91 Å². The molecule has 150 valence electrons. The molecule has 29 heavy (non-hydrogen) atoms. The van der Waals surface area contributed by atoms with Crippen LogP contribution < -0.4 is 15.8 Å². The lowest BCUT2D eigenvalue weighted by Crippen LogP contribution is -2.17. The van der Waals surface area contributed by atoms with Crippen molar-refractivity contribution in [2.24, 2.45) is 5.73 Å². The Kier molecular flexibility index (Phi) is 6.04. The number of nitrogens with two attached hydrogens (primary N) is 1. The minimum Gasteiger partial charge on any atom is -0.457 e. The zero-order valence-electron chi connectivity index (χ0n) is 16.0. The molecule has 8 heteroatoms. The van der Waals surface area contributed by atoms with Gasteiger partial charge < -0.3 is 20.9 Å². The topological polar surface area (TPSA) is 110 Å². The number of ether oxygens (including phenoxy) is 1. The summed E-state index contributed by atoms with van der Waals surface area (Å²) >= 11 is 0. The molecule has 2 aromatic carbocycles. The number of hydrogen-bond donors (Lipinski definition) is 3. The second kappa shape index (κ2) is 8.66. The summed E-state index contributed by atoms with van der Waals surface area (Å²) in [6.07, 6.45) is 0. The van der Waals surface area contributed by atoms with E-state index in [9.17, 15) is 14.3 Å². The van der Waals surface area contributed by atoms with Crippen LogP contribution >= 0.6 is 0 Å². The van der Waals surface area contributed by atoms with E-state index in [-0.39, 0.29) is 30.0 Å². The molecule has 0 radical (unpaired) electrons. The molecule has 0 bridgehead atoms. The molecule has 0 unspecified atom stereocenters. The van der Waals surface area contributed by atoms with Crippen LogP contribution in [0.25, 0.3) is 11.4 Å². The van der Waals surface area contributed by atoms with E-state index in [2.05, 4.69) is 15.3 Å². The van der Waals surface area contributed by atoms with Gasteiger partial charge in [0.2, 0.25) is 0 Å². The van der Waals surface area contributed by atoms with Gasteiger partial charge in [-0.2, -0.15) is 0 Å². The first-order chi connectivity index (χ1) is 13.9. The summed E-state index contributed by atoms with van der Waals surface area (Å²) in [7, 11) is 0. The number of primary amides is 1. The maximum atomic E-state index is 13.1. The van der Waals surface area contributed by atoms with Crippen molar-refractivity contribution in [2.75, 3.05) is 5.32 Å². The lowest BCUT2D eigenvalue weighted by Gasteiger charge is -2.13. The van der Waals surface area contributed by atoms with Crippen molar-refractivity contribution in [1.29, 1.82) is 0 Å². The number of halogens is 1. The Labute approximate surface area is 167 Å². The van der Waals surface area contributed by atoms with Crippen molar-refractivity contribution >= 4 is 11.7 Å². The molecule has 0 aliphatic carbocycles. The van der Waals surface area contributed by atoms with Crippen LogP contribution in [0.15, 0.2) is 48.5 Å². The van der Waals surface area contributed by atoms with Gasteiger partial charge in [-0.3, -0.25) is 4.79 Å². The fourth-order valence-electron chi connectivity index (χ4n) is 2.64. The fraction of sp³-hybridized carbons (Fsp3) is 0.190. The van der Waals surface area contributed by atoms with E-state index in [1.54, 1.807) is 18.2 Å². The maximum Gasteiger partial charge on any atom is 0.267 e. The quantitative estimate of drug-likeness (QED) is 0.564. The smallest absolute Gasteiger partial charge is 0.267 e. The predicted molar refractivity (Wildman–Crippen MR) is 107 cm³/mol.